The Morgan fingerprint density at radius 1 is 1.19 bits per heavy atom. The van der Waals surface area contributed by atoms with Crippen molar-refractivity contribution in [1.29, 1.82) is 0 Å². The first-order valence-electron chi connectivity index (χ1n) is 8.61. The van der Waals surface area contributed by atoms with Crippen LogP contribution in [0.1, 0.15) is 11.1 Å². The number of nitrogens with zero attached hydrogens (tertiary/aromatic N) is 3. The second-order valence-corrected chi connectivity index (χ2v) is 7.63. The number of rotatable bonds is 5. The summed E-state index contributed by atoms with van der Waals surface area (Å²) < 4.78 is 14.0. The minimum absolute atomic E-state index is 0.139. The molecule has 0 radical (unpaired) electrons. The maximum atomic E-state index is 13.0. The third-order valence-electron chi connectivity index (χ3n) is 4.39. The standard InChI is InChI=1S/C19H21BrFN5S/c20-17-11-15(12-23-24-19(22)27)3-6-18(17)26-9-7-25(8-10-26)13-14-1-4-16(21)5-2-14/h1-6,11-12H,7-10,13H2,(H3,22,24,27). The molecule has 0 aromatic heterocycles. The Labute approximate surface area is 172 Å². The molecule has 0 aliphatic carbocycles. The van der Waals surface area contributed by atoms with Crippen molar-refractivity contribution < 1.29 is 4.39 Å². The number of hydrogen-bond donors (Lipinski definition) is 2. The normalized spacial score (nSPS) is 15.3. The van der Waals surface area contributed by atoms with E-state index in [-0.39, 0.29) is 10.9 Å². The lowest BCUT2D eigenvalue weighted by atomic mass is 10.1. The van der Waals surface area contributed by atoms with Gasteiger partial charge in [0.1, 0.15) is 5.82 Å². The van der Waals surface area contributed by atoms with Crippen LogP contribution in [0.2, 0.25) is 0 Å². The predicted octanol–water partition coefficient (Wildman–Crippen LogP) is 3.08. The number of thiocarbonyl (C=S) groups is 1. The molecule has 1 heterocycles. The summed E-state index contributed by atoms with van der Waals surface area (Å²) in [6.07, 6.45) is 1.67. The SMILES string of the molecule is NC(=S)NN=Cc1ccc(N2CCN(Cc3ccc(F)cc3)CC2)c(Br)c1. The van der Waals surface area contributed by atoms with E-state index in [1.807, 2.05) is 24.3 Å². The maximum absolute atomic E-state index is 13.0. The third-order valence-corrected chi connectivity index (χ3v) is 5.12. The van der Waals surface area contributed by atoms with Gasteiger partial charge in [0.25, 0.3) is 0 Å². The number of hydrazone groups is 1. The Hall–Kier alpha value is -2.03. The van der Waals surface area contributed by atoms with Crippen LogP contribution in [0.25, 0.3) is 0 Å². The summed E-state index contributed by atoms with van der Waals surface area (Å²) in [5.41, 5.74) is 11.1. The summed E-state index contributed by atoms with van der Waals surface area (Å²) in [5.74, 6) is -0.191. The topological polar surface area (TPSA) is 56.9 Å². The summed E-state index contributed by atoms with van der Waals surface area (Å²) in [6.45, 7) is 4.66. The average Bonchev–Trinajstić information content (AvgIpc) is 2.64. The van der Waals surface area contributed by atoms with Gasteiger partial charge in [0, 0.05) is 37.2 Å². The van der Waals surface area contributed by atoms with Crippen molar-refractivity contribution >= 4 is 45.2 Å². The van der Waals surface area contributed by atoms with E-state index in [2.05, 4.69) is 42.3 Å². The van der Waals surface area contributed by atoms with E-state index in [1.165, 1.54) is 12.1 Å². The van der Waals surface area contributed by atoms with Crippen LogP contribution in [-0.4, -0.2) is 42.4 Å². The van der Waals surface area contributed by atoms with Crippen LogP contribution < -0.4 is 16.1 Å². The van der Waals surface area contributed by atoms with Gasteiger partial charge < -0.3 is 10.6 Å². The van der Waals surface area contributed by atoms with Crippen LogP contribution in [0.15, 0.2) is 52.0 Å². The summed E-state index contributed by atoms with van der Waals surface area (Å²) in [7, 11) is 0. The maximum Gasteiger partial charge on any atom is 0.184 e. The van der Waals surface area contributed by atoms with Crippen molar-refractivity contribution in [1.82, 2.24) is 10.3 Å². The van der Waals surface area contributed by atoms with Gasteiger partial charge in [0.05, 0.1) is 11.9 Å². The van der Waals surface area contributed by atoms with E-state index >= 15 is 0 Å². The van der Waals surface area contributed by atoms with Gasteiger partial charge in [0.2, 0.25) is 0 Å². The molecule has 3 rings (SSSR count). The van der Waals surface area contributed by atoms with Crippen LogP contribution in [-0.2, 0) is 6.54 Å². The fourth-order valence-electron chi connectivity index (χ4n) is 3.03. The number of anilines is 1. The Balaban J connectivity index is 1.56. The van der Waals surface area contributed by atoms with E-state index in [0.29, 0.717) is 0 Å². The Morgan fingerprint density at radius 3 is 2.52 bits per heavy atom. The molecule has 27 heavy (non-hydrogen) atoms. The number of halogens is 2. The zero-order valence-corrected chi connectivity index (χ0v) is 17.1. The minimum atomic E-state index is -0.191. The monoisotopic (exact) mass is 449 g/mol. The molecular formula is C19H21BrFN5S. The van der Waals surface area contributed by atoms with Crippen molar-refractivity contribution in [2.75, 3.05) is 31.1 Å². The fraction of sp³-hybridized carbons (Fsp3) is 0.263. The van der Waals surface area contributed by atoms with Crippen molar-refractivity contribution in [3.63, 3.8) is 0 Å². The molecule has 3 N–H and O–H groups in total. The molecule has 1 aliphatic rings. The first-order valence-corrected chi connectivity index (χ1v) is 9.81. The van der Waals surface area contributed by atoms with Crippen LogP contribution in [0, 0.1) is 5.82 Å². The summed E-state index contributed by atoms with van der Waals surface area (Å²) in [5, 5.41) is 4.11. The lowest BCUT2D eigenvalue weighted by Crippen LogP contribution is -2.46. The highest BCUT2D eigenvalue weighted by molar-refractivity contribution is 9.10. The molecule has 0 atom stereocenters. The molecule has 142 valence electrons. The molecule has 2 aromatic rings. The lowest BCUT2D eigenvalue weighted by Gasteiger charge is -2.36. The van der Waals surface area contributed by atoms with Crippen molar-refractivity contribution in [2.24, 2.45) is 10.8 Å². The van der Waals surface area contributed by atoms with Gasteiger partial charge in [-0.15, -0.1) is 0 Å². The van der Waals surface area contributed by atoms with E-state index in [0.717, 1.165) is 54.0 Å². The zero-order valence-electron chi connectivity index (χ0n) is 14.7. The highest BCUT2D eigenvalue weighted by Crippen LogP contribution is 2.28. The van der Waals surface area contributed by atoms with Gasteiger partial charge in [-0.25, -0.2) is 4.39 Å². The predicted molar refractivity (Wildman–Crippen MR) is 116 cm³/mol. The van der Waals surface area contributed by atoms with Crippen LogP contribution >= 0.6 is 28.1 Å². The molecule has 0 saturated carbocycles. The second kappa shape index (κ2) is 9.25. The van der Waals surface area contributed by atoms with E-state index in [1.54, 1.807) is 6.21 Å². The van der Waals surface area contributed by atoms with Crippen molar-refractivity contribution in [3.05, 3.63) is 63.9 Å². The smallest absolute Gasteiger partial charge is 0.184 e. The molecule has 5 nitrogen and oxygen atoms in total. The van der Waals surface area contributed by atoms with Crippen molar-refractivity contribution in [3.8, 4) is 0 Å². The number of benzene rings is 2. The molecule has 0 unspecified atom stereocenters. The van der Waals surface area contributed by atoms with E-state index in [4.69, 9.17) is 18.0 Å². The van der Waals surface area contributed by atoms with Gasteiger partial charge >= 0.3 is 0 Å². The highest BCUT2D eigenvalue weighted by Gasteiger charge is 2.19. The van der Waals surface area contributed by atoms with Gasteiger partial charge in [-0.2, -0.15) is 5.10 Å². The zero-order chi connectivity index (χ0) is 19.2. The molecule has 1 saturated heterocycles. The molecule has 2 aromatic carbocycles. The minimum Gasteiger partial charge on any atom is -0.375 e. The average molecular weight is 450 g/mol. The number of piperazine rings is 1. The van der Waals surface area contributed by atoms with Gasteiger partial charge in [-0.3, -0.25) is 10.3 Å². The molecular weight excluding hydrogens is 429 g/mol. The third kappa shape index (κ3) is 5.72. The number of hydrogen-bond acceptors (Lipinski definition) is 4. The molecule has 0 amide bonds. The summed E-state index contributed by atoms with van der Waals surface area (Å²) in [6, 6.07) is 12.9. The molecule has 8 heteroatoms. The summed E-state index contributed by atoms with van der Waals surface area (Å²) >= 11 is 8.37. The van der Waals surface area contributed by atoms with Crippen molar-refractivity contribution in [2.45, 2.75) is 6.54 Å². The van der Waals surface area contributed by atoms with Crippen LogP contribution in [0.4, 0.5) is 10.1 Å². The first-order chi connectivity index (χ1) is 13.0. The first kappa shape index (κ1) is 19.7. The Bertz CT molecular complexity index is 819. The number of nitrogens with one attached hydrogen (secondary N) is 1. The summed E-state index contributed by atoms with van der Waals surface area (Å²) in [4.78, 5) is 4.75. The fourth-order valence-corrected chi connectivity index (χ4v) is 3.73. The van der Waals surface area contributed by atoms with Crippen LogP contribution in [0.3, 0.4) is 0 Å². The van der Waals surface area contributed by atoms with E-state index < -0.39 is 0 Å². The van der Waals surface area contributed by atoms with Gasteiger partial charge in [-0.05, 0) is 63.5 Å². The molecule has 1 aliphatic heterocycles. The van der Waals surface area contributed by atoms with Gasteiger partial charge in [-0.1, -0.05) is 18.2 Å². The molecule has 1 fully saturated rings. The number of nitrogens with two attached hydrogens (primary N) is 1. The largest absolute Gasteiger partial charge is 0.375 e. The Kier molecular flexibility index (Phi) is 6.76. The molecule has 0 spiro atoms. The van der Waals surface area contributed by atoms with Gasteiger partial charge in [0.15, 0.2) is 5.11 Å². The second-order valence-electron chi connectivity index (χ2n) is 6.33. The van der Waals surface area contributed by atoms with E-state index in [9.17, 15) is 4.39 Å². The quantitative estimate of drug-likeness (QED) is 0.417. The molecule has 0 bridgehead atoms. The highest BCUT2D eigenvalue weighted by atomic mass is 79.9. The van der Waals surface area contributed by atoms with Crippen LogP contribution in [0.5, 0.6) is 0 Å². The lowest BCUT2D eigenvalue weighted by molar-refractivity contribution is 0.249. The Morgan fingerprint density at radius 2 is 1.89 bits per heavy atom.